The number of hydrogen-bond acceptors (Lipinski definition) is 2. The minimum Gasteiger partial charge on any atom is -0.665 e. The first-order chi connectivity index (χ1) is 2.83. The van der Waals surface area contributed by atoms with Crippen LogP contribution in [0.2, 0.25) is 0 Å². The summed E-state index contributed by atoms with van der Waals surface area (Å²) in [5.41, 5.74) is 0. The Hall–Kier alpha value is -0.0470. The first-order valence-electron chi connectivity index (χ1n) is 0.922. The molecule has 0 unspecified atom stereocenters. The van der Waals surface area contributed by atoms with Crippen LogP contribution in [0.15, 0.2) is 0 Å². The molecular formula is C2H3CuNiO4-. The van der Waals surface area contributed by atoms with E-state index in [4.69, 9.17) is 19.8 Å². The van der Waals surface area contributed by atoms with Crippen LogP contribution >= 0.6 is 0 Å². The Kier molecular flexibility index (Phi) is 199. The van der Waals surface area contributed by atoms with Crippen molar-refractivity contribution < 1.29 is 53.4 Å². The summed E-state index contributed by atoms with van der Waals surface area (Å²) in [6, 6.07) is 0. The topological polar surface area (TPSA) is 74.6 Å². The molecule has 0 saturated carbocycles. The third kappa shape index (κ3) is 66100. The van der Waals surface area contributed by atoms with Crippen molar-refractivity contribution in [3.8, 4) is 0 Å². The average Bonchev–Trinajstić information content (AvgIpc) is 1.39. The molecule has 57 valence electrons. The Balaban J connectivity index is -0.0000000160. The van der Waals surface area contributed by atoms with Crippen LogP contribution in [0.25, 0.3) is 0 Å². The van der Waals surface area contributed by atoms with Gasteiger partial charge in [-0.2, -0.15) is 0 Å². The zero-order valence-corrected chi connectivity index (χ0v) is 5.34. The summed E-state index contributed by atoms with van der Waals surface area (Å²) in [5.74, 6) is 0. The number of aliphatic hydroxyl groups excluding tert-OH is 1. The molecule has 0 aromatic carbocycles. The molecule has 0 rings (SSSR count). The molecule has 0 aromatic rings. The molecule has 0 saturated heterocycles. The van der Waals surface area contributed by atoms with Gasteiger partial charge in [0.25, 0.3) is 6.47 Å². The molecule has 8 heavy (non-hydrogen) atoms. The van der Waals surface area contributed by atoms with Gasteiger partial charge >= 0.3 is 0 Å². The van der Waals surface area contributed by atoms with Gasteiger partial charge in [0.1, 0.15) is 0 Å². The van der Waals surface area contributed by atoms with Gasteiger partial charge in [-0.05, 0) is 0 Å². The van der Waals surface area contributed by atoms with Gasteiger partial charge in [-0.15, -0.1) is 0 Å². The van der Waals surface area contributed by atoms with Gasteiger partial charge in [0.05, 0.1) is 0 Å². The van der Waals surface area contributed by atoms with Crippen molar-refractivity contribution in [2.75, 3.05) is 0 Å². The number of carboxylic acid groups (broad SMARTS) is 1. The molecule has 4 nitrogen and oxygen atoms in total. The minimum atomic E-state index is -0.250. The smallest absolute Gasteiger partial charge is 0.290 e. The van der Waals surface area contributed by atoms with E-state index in [9.17, 15) is 0 Å². The van der Waals surface area contributed by atoms with Gasteiger partial charge in [0.15, 0.2) is 0 Å². The Bertz CT molecular complexity index is 35.0. The fourth-order valence-electron chi connectivity index (χ4n) is 0. The number of carbonyl (C=O) groups is 1. The second kappa shape index (κ2) is 64.6. The summed E-state index contributed by atoms with van der Waals surface area (Å²) in [6.45, 7) is 0.250. The van der Waals surface area contributed by atoms with Crippen molar-refractivity contribution in [1.29, 1.82) is 0 Å². The predicted molar refractivity (Wildman–Crippen MR) is 17.0 cm³/mol. The SMILES string of the molecule is O=CO.O=[C-]O.[Cu].[Ni]. The fraction of sp³-hybridized carbons (Fsp3) is 0. The summed E-state index contributed by atoms with van der Waals surface area (Å²) in [6.07, 6.45) is 0. The van der Waals surface area contributed by atoms with Crippen LogP contribution in [0.5, 0.6) is 0 Å². The Morgan fingerprint density at radius 3 is 1.50 bits per heavy atom. The summed E-state index contributed by atoms with van der Waals surface area (Å²) in [7, 11) is 0. The molecule has 2 N–H and O–H groups in total. The minimum absolute atomic E-state index is 0. The number of hydrogen-bond donors (Lipinski definition) is 2. The summed E-state index contributed by atoms with van der Waals surface area (Å²) in [5, 5.41) is 13.7. The fourth-order valence-corrected chi connectivity index (χ4v) is 0. The first kappa shape index (κ1) is 24.6. The zero-order valence-electron chi connectivity index (χ0n) is 3.41. The van der Waals surface area contributed by atoms with E-state index in [1.807, 2.05) is 0 Å². The van der Waals surface area contributed by atoms with Gasteiger partial charge in [0.2, 0.25) is 0 Å². The molecule has 6 heteroatoms. The predicted octanol–water partition coefficient (Wildman–Crippen LogP) is -0.693. The van der Waals surface area contributed by atoms with Crippen molar-refractivity contribution >= 4 is 12.9 Å². The van der Waals surface area contributed by atoms with Crippen molar-refractivity contribution in [3.63, 3.8) is 0 Å². The summed E-state index contributed by atoms with van der Waals surface area (Å²) >= 11 is 0. The molecule has 1 radical (unpaired) electrons. The summed E-state index contributed by atoms with van der Waals surface area (Å²) in [4.78, 5) is 16.6. The molecular weight excluding hydrogens is 210 g/mol. The van der Waals surface area contributed by atoms with Gasteiger partial charge in [0, 0.05) is 33.6 Å². The summed E-state index contributed by atoms with van der Waals surface area (Å²) < 4.78 is 0. The van der Waals surface area contributed by atoms with Gasteiger partial charge in [-0.1, -0.05) is 6.47 Å². The van der Waals surface area contributed by atoms with Crippen LogP contribution in [0.1, 0.15) is 0 Å². The van der Waals surface area contributed by atoms with E-state index in [1.165, 1.54) is 0 Å². The van der Waals surface area contributed by atoms with Crippen molar-refractivity contribution in [2.24, 2.45) is 0 Å². The second-order valence-corrected chi connectivity index (χ2v) is 0.197. The molecule has 0 spiro atoms. The van der Waals surface area contributed by atoms with Crippen LogP contribution < -0.4 is 0 Å². The third-order valence-electron chi connectivity index (χ3n) is 0. The molecule has 0 heterocycles. The molecule has 0 aromatic heterocycles. The van der Waals surface area contributed by atoms with E-state index in [1.54, 1.807) is 0 Å². The zero-order chi connectivity index (χ0) is 5.41. The van der Waals surface area contributed by atoms with E-state index < -0.39 is 0 Å². The van der Waals surface area contributed by atoms with Crippen molar-refractivity contribution in [2.45, 2.75) is 0 Å². The van der Waals surface area contributed by atoms with Gasteiger partial charge < -0.3 is 15.0 Å². The second-order valence-electron chi connectivity index (χ2n) is 0.197. The van der Waals surface area contributed by atoms with Gasteiger partial charge in [-0.3, -0.25) is 4.79 Å². The molecule has 0 aliphatic heterocycles. The van der Waals surface area contributed by atoms with Crippen LogP contribution in [0.4, 0.5) is 0 Å². The van der Waals surface area contributed by atoms with Gasteiger partial charge in [-0.25, -0.2) is 0 Å². The Morgan fingerprint density at radius 2 is 1.50 bits per heavy atom. The van der Waals surface area contributed by atoms with Crippen molar-refractivity contribution in [1.82, 2.24) is 0 Å². The largest absolute Gasteiger partial charge is 0.665 e. The Morgan fingerprint density at radius 1 is 1.50 bits per heavy atom. The van der Waals surface area contributed by atoms with Crippen LogP contribution in [0, 0.1) is 0 Å². The first-order valence-corrected chi connectivity index (χ1v) is 0.922. The van der Waals surface area contributed by atoms with E-state index in [-0.39, 0.29) is 40.0 Å². The molecule has 0 fully saturated rings. The van der Waals surface area contributed by atoms with E-state index in [0.717, 1.165) is 0 Å². The quantitative estimate of drug-likeness (QED) is 0.317. The van der Waals surface area contributed by atoms with Crippen LogP contribution in [0.3, 0.4) is 0 Å². The number of rotatable bonds is 0. The molecule has 0 bridgehead atoms. The van der Waals surface area contributed by atoms with E-state index >= 15 is 0 Å². The molecule has 0 aliphatic carbocycles. The standard InChI is InChI=1S/CH2O2.CHO2.Cu.Ni/c2*2-1-3;;/h1H,(H,2,3);(H,2,3);;/q;-1;;. The molecule has 0 amide bonds. The molecule has 0 aliphatic rings. The average molecular weight is 213 g/mol. The Labute approximate surface area is 66.7 Å². The van der Waals surface area contributed by atoms with E-state index in [2.05, 4.69) is 0 Å². The van der Waals surface area contributed by atoms with Crippen molar-refractivity contribution in [3.05, 3.63) is 0 Å². The van der Waals surface area contributed by atoms with Crippen LogP contribution in [-0.4, -0.2) is 23.2 Å². The maximum absolute atomic E-state index is 8.36. The maximum Gasteiger partial charge on any atom is 0.290 e. The third-order valence-corrected chi connectivity index (χ3v) is 0. The molecule has 0 atom stereocenters. The van der Waals surface area contributed by atoms with E-state index in [0.29, 0.717) is 6.47 Å². The normalized spacial score (nSPS) is 3.00. The monoisotopic (exact) mass is 212 g/mol. The maximum atomic E-state index is 8.36. The van der Waals surface area contributed by atoms with Crippen LogP contribution in [-0.2, 0) is 43.1 Å².